The van der Waals surface area contributed by atoms with E-state index in [1.54, 1.807) is 12.1 Å². The van der Waals surface area contributed by atoms with Crippen LogP contribution in [0.3, 0.4) is 0 Å². The molecule has 21 heavy (non-hydrogen) atoms. The number of hydrogen-bond acceptors (Lipinski definition) is 4. The molecule has 1 N–H and O–H groups in total. The number of benzene rings is 1. The fourth-order valence-electron chi connectivity index (χ4n) is 2.58. The van der Waals surface area contributed by atoms with Crippen LogP contribution in [0, 0.1) is 5.92 Å². The van der Waals surface area contributed by atoms with Gasteiger partial charge in [-0.15, -0.1) is 3.89 Å². The molecule has 2 atom stereocenters. The number of nitrogens with zero attached hydrogens (tertiary/aromatic N) is 1. The quantitative estimate of drug-likeness (QED) is 0.802. The van der Waals surface area contributed by atoms with Gasteiger partial charge in [-0.2, -0.15) is 8.42 Å². The van der Waals surface area contributed by atoms with Gasteiger partial charge < -0.3 is 10.0 Å². The molecule has 1 aliphatic heterocycles. The summed E-state index contributed by atoms with van der Waals surface area (Å²) in [4.78, 5) is 13.2. The second kappa shape index (κ2) is 6.53. The highest BCUT2D eigenvalue weighted by Crippen LogP contribution is 2.23. The lowest BCUT2D eigenvalue weighted by molar-refractivity contribution is -0.128. The Hall–Kier alpha value is -1.47. The minimum Gasteiger partial charge on any atom is -0.388 e. The first kappa shape index (κ1) is 15.9. The Balaban J connectivity index is 1.85. The molecule has 2 unspecified atom stereocenters. The van der Waals surface area contributed by atoms with Gasteiger partial charge in [0.25, 0.3) is 0 Å². The van der Waals surface area contributed by atoms with Gasteiger partial charge in [0.2, 0.25) is 5.91 Å². The van der Waals surface area contributed by atoms with Crippen LogP contribution in [0.4, 0.5) is 3.89 Å². The Bertz CT molecular complexity index is 590. The minimum absolute atomic E-state index is 0.0462. The third-order valence-electron chi connectivity index (χ3n) is 3.59. The first-order valence-corrected chi connectivity index (χ1v) is 8.33. The molecule has 1 saturated heterocycles. The number of amides is 1. The van der Waals surface area contributed by atoms with E-state index in [0.717, 1.165) is 5.56 Å². The summed E-state index contributed by atoms with van der Waals surface area (Å²) >= 11 is 0. The van der Waals surface area contributed by atoms with Gasteiger partial charge in [-0.05, 0) is 12.0 Å². The molecule has 1 fully saturated rings. The average Bonchev–Trinajstić information content (AvgIpc) is 2.74. The van der Waals surface area contributed by atoms with Crippen LogP contribution in [0.5, 0.6) is 0 Å². The summed E-state index contributed by atoms with van der Waals surface area (Å²) in [5, 5.41) is 10.0. The normalized spacial score (nSPS) is 20.8. The molecule has 1 heterocycles. The van der Waals surface area contributed by atoms with E-state index >= 15 is 0 Å². The van der Waals surface area contributed by atoms with E-state index in [1.165, 1.54) is 4.90 Å². The zero-order valence-corrected chi connectivity index (χ0v) is 12.3. The zero-order chi connectivity index (χ0) is 15.5. The van der Waals surface area contributed by atoms with Crippen molar-refractivity contribution in [2.45, 2.75) is 18.9 Å². The molecule has 7 heteroatoms. The molecule has 1 aromatic carbocycles. The lowest BCUT2D eigenvalue weighted by atomic mass is 10.1. The molecule has 0 radical (unpaired) electrons. The standard InChI is InChI=1S/C14H18FNO4S/c15-21(19,20)10-11-8-14(18)16(9-11)7-6-13(17)12-4-2-1-3-5-12/h1-5,11,13,17H,6-10H2. The van der Waals surface area contributed by atoms with Crippen LogP contribution in [-0.2, 0) is 15.0 Å². The summed E-state index contributed by atoms with van der Waals surface area (Å²) in [5.74, 6) is -1.30. The molecule has 0 bridgehead atoms. The number of rotatable bonds is 6. The van der Waals surface area contributed by atoms with Crippen LogP contribution >= 0.6 is 0 Å². The van der Waals surface area contributed by atoms with Crippen molar-refractivity contribution in [1.82, 2.24) is 4.90 Å². The Morgan fingerprint density at radius 3 is 2.62 bits per heavy atom. The Morgan fingerprint density at radius 2 is 2.00 bits per heavy atom. The third kappa shape index (κ3) is 4.78. The van der Waals surface area contributed by atoms with Crippen molar-refractivity contribution < 1.29 is 22.2 Å². The maximum atomic E-state index is 12.6. The molecule has 0 spiro atoms. The topological polar surface area (TPSA) is 74.7 Å². The molecule has 0 aliphatic carbocycles. The van der Waals surface area contributed by atoms with Crippen LogP contribution in [0.15, 0.2) is 30.3 Å². The fraction of sp³-hybridized carbons (Fsp3) is 0.500. The highest BCUT2D eigenvalue weighted by atomic mass is 32.3. The van der Waals surface area contributed by atoms with Crippen molar-refractivity contribution in [2.75, 3.05) is 18.8 Å². The molecule has 1 aromatic rings. The molecule has 1 aliphatic rings. The largest absolute Gasteiger partial charge is 0.388 e. The maximum Gasteiger partial charge on any atom is 0.302 e. The smallest absolute Gasteiger partial charge is 0.302 e. The van der Waals surface area contributed by atoms with Gasteiger partial charge in [0, 0.05) is 25.4 Å². The van der Waals surface area contributed by atoms with E-state index in [2.05, 4.69) is 0 Å². The van der Waals surface area contributed by atoms with Crippen molar-refractivity contribution in [1.29, 1.82) is 0 Å². The molecule has 2 rings (SSSR count). The highest BCUT2D eigenvalue weighted by Gasteiger charge is 2.32. The number of carbonyl (C=O) groups excluding carboxylic acids is 1. The van der Waals surface area contributed by atoms with E-state index in [1.807, 2.05) is 18.2 Å². The van der Waals surface area contributed by atoms with Crippen molar-refractivity contribution in [2.24, 2.45) is 5.92 Å². The summed E-state index contributed by atoms with van der Waals surface area (Å²) in [6, 6.07) is 9.09. The van der Waals surface area contributed by atoms with Gasteiger partial charge in [0.05, 0.1) is 11.9 Å². The van der Waals surface area contributed by atoms with E-state index in [-0.39, 0.29) is 18.9 Å². The van der Waals surface area contributed by atoms with Crippen LogP contribution < -0.4 is 0 Å². The van der Waals surface area contributed by atoms with Crippen molar-refractivity contribution >= 4 is 16.1 Å². The van der Waals surface area contributed by atoms with Crippen LogP contribution in [0.1, 0.15) is 24.5 Å². The molecule has 1 amide bonds. The summed E-state index contributed by atoms with van der Waals surface area (Å²) in [7, 11) is -4.56. The van der Waals surface area contributed by atoms with Gasteiger partial charge in [-0.1, -0.05) is 30.3 Å². The van der Waals surface area contributed by atoms with Crippen molar-refractivity contribution in [3.8, 4) is 0 Å². The van der Waals surface area contributed by atoms with Crippen molar-refractivity contribution in [3.63, 3.8) is 0 Å². The van der Waals surface area contributed by atoms with Gasteiger partial charge in [0.15, 0.2) is 0 Å². The van der Waals surface area contributed by atoms with Gasteiger partial charge in [0.1, 0.15) is 0 Å². The number of aliphatic hydroxyl groups excluding tert-OH is 1. The molecule has 5 nitrogen and oxygen atoms in total. The molecule has 0 aromatic heterocycles. The van der Waals surface area contributed by atoms with Gasteiger partial charge in [-0.25, -0.2) is 0 Å². The van der Waals surface area contributed by atoms with E-state index in [4.69, 9.17) is 0 Å². The lowest BCUT2D eigenvalue weighted by Gasteiger charge is -2.19. The number of likely N-dealkylation sites (tertiary alicyclic amines) is 1. The summed E-state index contributed by atoms with van der Waals surface area (Å²) in [6.45, 7) is 0.557. The number of carbonyl (C=O) groups is 1. The fourth-order valence-corrected chi connectivity index (χ4v) is 3.37. The number of halogens is 1. The van der Waals surface area contributed by atoms with E-state index in [0.29, 0.717) is 13.0 Å². The molecule has 0 saturated carbocycles. The third-order valence-corrected chi connectivity index (χ3v) is 4.46. The van der Waals surface area contributed by atoms with Crippen LogP contribution in [-0.4, -0.2) is 43.2 Å². The van der Waals surface area contributed by atoms with Crippen LogP contribution in [0.2, 0.25) is 0 Å². The predicted molar refractivity (Wildman–Crippen MR) is 75.6 cm³/mol. The Labute approximate surface area is 123 Å². The second-order valence-corrected chi connectivity index (χ2v) is 6.74. The number of hydrogen-bond donors (Lipinski definition) is 1. The monoisotopic (exact) mass is 315 g/mol. The van der Waals surface area contributed by atoms with Gasteiger partial charge >= 0.3 is 10.2 Å². The Morgan fingerprint density at radius 1 is 1.33 bits per heavy atom. The summed E-state index contributed by atoms with van der Waals surface area (Å²) in [5.41, 5.74) is 0.770. The van der Waals surface area contributed by atoms with Gasteiger partial charge in [-0.3, -0.25) is 4.79 Å². The maximum absolute atomic E-state index is 12.6. The number of aliphatic hydroxyl groups is 1. The molecular formula is C14H18FNO4S. The highest BCUT2D eigenvalue weighted by molar-refractivity contribution is 7.86. The van der Waals surface area contributed by atoms with E-state index < -0.39 is 28.0 Å². The SMILES string of the molecule is O=C1CC(CS(=O)(=O)F)CN1CCC(O)c1ccccc1. The first-order valence-electron chi connectivity index (χ1n) is 6.78. The summed E-state index contributed by atoms with van der Waals surface area (Å²) in [6.07, 6.45) is -0.266. The van der Waals surface area contributed by atoms with Crippen LogP contribution in [0.25, 0.3) is 0 Å². The second-order valence-electron chi connectivity index (χ2n) is 5.33. The predicted octanol–water partition coefficient (Wildman–Crippen LogP) is 1.26. The zero-order valence-electron chi connectivity index (χ0n) is 11.5. The first-order chi connectivity index (χ1) is 9.85. The Kier molecular flexibility index (Phi) is 4.95. The molecule has 116 valence electrons. The summed E-state index contributed by atoms with van der Waals surface area (Å²) < 4.78 is 33.9. The van der Waals surface area contributed by atoms with E-state index in [9.17, 15) is 22.2 Å². The minimum atomic E-state index is -4.56. The van der Waals surface area contributed by atoms with Crippen molar-refractivity contribution in [3.05, 3.63) is 35.9 Å². The lowest BCUT2D eigenvalue weighted by Crippen LogP contribution is -2.28. The molecular weight excluding hydrogens is 297 g/mol. The average molecular weight is 315 g/mol.